The van der Waals surface area contributed by atoms with E-state index < -0.39 is 0 Å². The molecule has 21 heavy (non-hydrogen) atoms. The van der Waals surface area contributed by atoms with Crippen molar-refractivity contribution in [2.45, 2.75) is 71.0 Å². The summed E-state index contributed by atoms with van der Waals surface area (Å²) in [4.78, 5) is 7.15. The fourth-order valence-corrected chi connectivity index (χ4v) is 3.59. The first-order valence-electron chi connectivity index (χ1n) is 8.33. The van der Waals surface area contributed by atoms with Crippen molar-refractivity contribution in [1.29, 1.82) is 0 Å². The van der Waals surface area contributed by atoms with E-state index in [9.17, 15) is 0 Å². The summed E-state index contributed by atoms with van der Waals surface area (Å²) in [7, 11) is 2.07. The molecular weight excluding hydrogens is 262 g/mol. The van der Waals surface area contributed by atoms with Crippen LogP contribution < -0.4 is 5.32 Å². The molecule has 5 heteroatoms. The van der Waals surface area contributed by atoms with Crippen molar-refractivity contribution in [2.75, 3.05) is 20.1 Å². The van der Waals surface area contributed by atoms with Crippen LogP contribution in [0.15, 0.2) is 6.33 Å². The summed E-state index contributed by atoms with van der Waals surface area (Å²) in [5, 5.41) is 7.92. The molecule has 1 aliphatic rings. The van der Waals surface area contributed by atoms with Crippen LogP contribution in [0.25, 0.3) is 0 Å². The Hall–Kier alpha value is -0.940. The molecule has 0 aromatic carbocycles. The van der Waals surface area contributed by atoms with Crippen LogP contribution >= 0.6 is 0 Å². The zero-order valence-electron chi connectivity index (χ0n) is 14.3. The van der Waals surface area contributed by atoms with E-state index in [4.69, 9.17) is 0 Å². The zero-order valence-corrected chi connectivity index (χ0v) is 14.3. The van der Waals surface area contributed by atoms with Gasteiger partial charge >= 0.3 is 0 Å². The largest absolute Gasteiger partial charge is 0.315 e. The Morgan fingerprint density at radius 2 is 2.00 bits per heavy atom. The fraction of sp³-hybridized carbons (Fsp3) is 0.875. The second-order valence-electron chi connectivity index (χ2n) is 6.66. The maximum absolute atomic E-state index is 4.49. The number of nitrogens with zero attached hydrogens (tertiary/aromatic N) is 4. The Morgan fingerprint density at radius 1 is 1.33 bits per heavy atom. The SMILES string of the molecule is CCC(C)(C(Cc1ncnn1C(C)C)NC)N1CCCC1. The van der Waals surface area contributed by atoms with Crippen LogP contribution in [0.3, 0.4) is 0 Å². The van der Waals surface area contributed by atoms with E-state index in [1.54, 1.807) is 6.33 Å². The minimum Gasteiger partial charge on any atom is -0.315 e. The summed E-state index contributed by atoms with van der Waals surface area (Å²) in [6.45, 7) is 11.5. The van der Waals surface area contributed by atoms with E-state index >= 15 is 0 Å². The quantitative estimate of drug-likeness (QED) is 0.837. The molecule has 5 nitrogen and oxygen atoms in total. The average Bonchev–Trinajstić information content (AvgIpc) is 3.14. The molecule has 2 atom stereocenters. The standard InChI is InChI=1S/C16H31N5/c1-6-16(4,20-9-7-8-10-20)14(17-5)11-15-18-12-19-21(15)13(2)3/h12-14,17H,6-11H2,1-5H3. The van der Waals surface area contributed by atoms with Crippen molar-refractivity contribution in [3.05, 3.63) is 12.2 Å². The lowest BCUT2D eigenvalue weighted by Crippen LogP contribution is -2.58. The van der Waals surface area contributed by atoms with Crippen LogP contribution in [0.4, 0.5) is 0 Å². The van der Waals surface area contributed by atoms with Crippen molar-refractivity contribution >= 4 is 0 Å². The van der Waals surface area contributed by atoms with E-state index in [1.807, 2.05) is 4.68 Å². The molecule has 0 bridgehead atoms. The Kier molecular flexibility index (Phi) is 5.38. The predicted molar refractivity (Wildman–Crippen MR) is 86.5 cm³/mol. The molecule has 0 saturated carbocycles. The zero-order chi connectivity index (χ0) is 15.5. The maximum Gasteiger partial charge on any atom is 0.138 e. The molecule has 2 rings (SSSR count). The van der Waals surface area contributed by atoms with E-state index in [2.05, 4.69) is 55.0 Å². The number of nitrogens with one attached hydrogen (secondary N) is 1. The van der Waals surface area contributed by atoms with Crippen LogP contribution in [0.1, 0.15) is 58.8 Å². The van der Waals surface area contributed by atoms with Gasteiger partial charge in [0.25, 0.3) is 0 Å². The fourth-order valence-electron chi connectivity index (χ4n) is 3.59. The third-order valence-corrected chi connectivity index (χ3v) is 5.17. The number of likely N-dealkylation sites (tertiary alicyclic amines) is 1. The van der Waals surface area contributed by atoms with Crippen LogP contribution in [-0.2, 0) is 6.42 Å². The molecule has 120 valence electrons. The van der Waals surface area contributed by atoms with E-state index in [0.29, 0.717) is 12.1 Å². The molecule has 1 aromatic heterocycles. The highest BCUT2D eigenvalue weighted by Gasteiger charge is 2.39. The highest BCUT2D eigenvalue weighted by atomic mass is 15.3. The van der Waals surface area contributed by atoms with Gasteiger partial charge in [-0.05, 0) is 60.2 Å². The first-order valence-corrected chi connectivity index (χ1v) is 8.33. The Labute approximate surface area is 129 Å². The van der Waals surface area contributed by atoms with Crippen LogP contribution in [0.5, 0.6) is 0 Å². The average molecular weight is 293 g/mol. The molecule has 1 aromatic rings. The van der Waals surface area contributed by atoms with Crippen LogP contribution in [-0.4, -0.2) is 51.4 Å². The normalized spacial score (nSPS) is 20.9. The van der Waals surface area contributed by atoms with Crippen molar-refractivity contribution < 1.29 is 0 Å². The minimum absolute atomic E-state index is 0.180. The molecule has 1 saturated heterocycles. The molecule has 0 amide bonds. The van der Waals surface area contributed by atoms with E-state index in [1.165, 1.54) is 25.9 Å². The maximum atomic E-state index is 4.49. The molecule has 2 unspecified atom stereocenters. The number of hydrogen-bond acceptors (Lipinski definition) is 4. The van der Waals surface area contributed by atoms with Gasteiger partial charge in [0.2, 0.25) is 0 Å². The van der Waals surface area contributed by atoms with Gasteiger partial charge in [0.1, 0.15) is 12.2 Å². The summed E-state index contributed by atoms with van der Waals surface area (Å²) in [5.41, 5.74) is 0.180. The van der Waals surface area contributed by atoms with Gasteiger partial charge in [0.05, 0.1) is 0 Å². The van der Waals surface area contributed by atoms with Crippen molar-refractivity contribution in [1.82, 2.24) is 25.0 Å². The molecule has 1 fully saturated rings. The van der Waals surface area contributed by atoms with E-state index in [-0.39, 0.29) is 5.54 Å². The van der Waals surface area contributed by atoms with Gasteiger partial charge in [0, 0.05) is 24.0 Å². The number of hydrogen-bond donors (Lipinski definition) is 1. The number of rotatable bonds is 7. The van der Waals surface area contributed by atoms with Crippen molar-refractivity contribution in [2.24, 2.45) is 0 Å². The molecular formula is C16H31N5. The number of aromatic nitrogens is 3. The van der Waals surface area contributed by atoms with Gasteiger partial charge in [0.15, 0.2) is 0 Å². The Balaban J connectivity index is 2.19. The highest BCUT2D eigenvalue weighted by molar-refractivity contribution is 5.03. The molecule has 2 heterocycles. The second-order valence-corrected chi connectivity index (χ2v) is 6.66. The lowest BCUT2D eigenvalue weighted by Gasteiger charge is -2.44. The minimum atomic E-state index is 0.180. The van der Waals surface area contributed by atoms with Gasteiger partial charge in [-0.2, -0.15) is 5.10 Å². The summed E-state index contributed by atoms with van der Waals surface area (Å²) >= 11 is 0. The Bertz CT molecular complexity index is 436. The molecule has 1 N–H and O–H groups in total. The van der Waals surface area contributed by atoms with Gasteiger partial charge in [-0.3, -0.25) is 4.90 Å². The monoisotopic (exact) mass is 293 g/mol. The lowest BCUT2D eigenvalue weighted by atomic mass is 9.85. The summed E-state index contributed by atoms with van der Waals surface area (Å²) in [5.74, 6) is 1.09. The first kappa shape index (κ1) is 16.4. The summed E-state index contributed by atoms with van der Waals surface area (Å²) in [6, 6.07) is 0.752. The second kappa shape index (κ2) is 6.88. The van der Waals surface area contributed by atoms with Gasteiger partial charge in [-0.25, -0.2) is 9.67 Å². The van der Waals surface area contributed by atoms with Crippen LogP contribution in [0.2, 0.25) is 0 Å². The van der Waals surface area contributed by atoms with Crippen molar-refractivity contribution in [3.63, 3.8) is 0 Å². The molecule has 0 radical (unpaired) electrons. The third kappa shape index (κ3) is 3.29. The smallest absolute Gasteiger partial charge is 0.138 e. The van der Waals surface area contributed by atoms with Crippen LogP contribution in [0, 0.1) is 0 Å². The van der Waals surface area contributed by atoms with E-state index in [0.717, 1.165) is 18.7 Å². The summed E-state index contributed by atoms with van der Waals surface area (Å²) < 4.78 is 2.05. The topological polar surface area (TPSA) is 46.0 Å². The Morgan fingerprint density at radius 3 is 2.52 bits per heavy atom. The first-order chi connectivity index (χ1) is 10.0. The van der Waals surface area contributed by atoms with Gasteiger partial charge < -0.3 is 5.32 Å². The van der Waals surface area contributed by atoms with Gasteiger partial charge in [-0.1, -0.05) is 6.92 Å². The highest BCUT2D eigenvalue weighted by Crippen LogP contribution is 2.29. The molecule has 0 aliphatic carbocycles. The summed E-state index contributed by atoms with van der Waals surface area (Å²) in [6.07, 6.45) is 6.41. The van der Waals surface area contributed by atoms with Gasteiger partial charge in [-0.15, -0.1) is 0 Å². The number of likely N-dealkylation sites (N-methyl/N-ethyl adjacent to an activating group) is 1. The van der Waals surface area contributed by atoms with Crippen molar-refractivity contribution in [3.8, 4) is 0 Å². The third-order valence-electron chi connectivity index (χ3n) is 5.17. The predicted octanol–water partition coefficient (Wildman–Crippen LogP) is 2.25. The lowest BCUT2D eigenvalue weighted by molar-refractivity contribution is 0.0858. The molecule has 1 aliphatic heterocycles. The molecule has 0 spiro atoms.